The van der Waals surface area contributed by atoms with E-state index < -0.39 is 4.92 Å². The topological polar surface area (TPSA) is 71.6 Å². The smallest absolute Gasteiger partial charge is 0.258 e. The summed E-state index contributed by atoms with van der Waals surface area (Å²) < 4.78 is 14.5. The van der Waals surface area contributed by atoms with Gasteiger partial charge in [0.25, 0.3) is 5.69 Å². The van der Waals surface area contributed by atoms with Crippen LogP contribution in [0.5, 0.6) is 0 Å². The Morgan fingerprint density at radius 2 is 1.82 bits per heavy atom. The van der Waals surface area contributed by atoms with Crippen molar-refractivity contribution in [2.45, 2.75) is 12.5 Å². The zero-order valence-electron chi connectivity index (χ0n) is 17.1. The van der Waals surface area contributed by atoms with Crippen molar-refractivity contribution in [3.05, 3.63) is 110 Å². The van der Waals surface area contributed by atoms with E-state index in [2.05, 4.69) is 15.9 Å². The van der Waals surface area contributed by atoms with E-state index in [1.54, 1.807) is 18.2 Å². The molecule has 9 heteroatoms. The van der Waals surface area contributed by atoms with Gasteiger partial charge in [-0.15, -0.1) is 11.3 Å². The number of hydrogen-bond acceptors (Lipinski definition) is 6. The molecule has 6 nitrogen and oxygen atoms in total. The van der Waals surface area contributed by atoms with Crippen molar-refractivity contribution < 1.29 is 9.31 Å². The van der Waals surface area contributed by atoms with Crippen LogP contribution in [-0.4, -0.2) is 15.6 Å². The monoisotopic (exact) mass is 522 g/mol. The van der Waals surface area contributed by atoms with E-state index in [0.717, 1.165) is 21.3 Å². The number of non-ortho nitro benzene ring substituents is 1. The summed E-state index contributed by atoms with van der Waals surface area (Å²) in [5.41, 5.74) is 4.12. The number of hydrogen-bond donors (Lipinski definition) is 0. The molecule has 1 aromatic heterocycles. The second-order valence-electron chi connectivity index (χ2n) is 7.49. The van der Waals surface area contributed by atoms with Crippen LogP contribution in [0.25, 0.3) is 11.3 Å². The van der Waals surface area contributed by atoms with Crippen molar-refractivity contribution in [2.24, 2.45) is 5.10 Å². The largest absolute Gasteiger partial charge is 0.270 e. The third-order valence-corrected chi connectivity index (χ3v) is 6.74. The molecule has 0 aliphatic carbocycles. The van der Waals surface area contributed by atoms with Crippen LogP contribution in [0.3, 0.4) is 0 Å². The third kappa shape index (κ3) is 4.42. The van der Waals surface area contributed by atoms with Gasteiger partial charge in [0.1, 0.15) is 5.82 Å². The summed E-state index contributed by atoms with van der Waals surface area (Å²) in [4.78, 5) is 15.6. The average molecular weight is 523 g/mol. The van der Waals surface area contributed by atoms with Crippen molar-refractivity contribution in [3.63, 3.8) is 0 Å². The Kier molecular flexibility index (Phi) is 5.74. The first kappa shape index (κ1) is 21.4. The van der Waals surface area contributed by atoms with E-state index in [1.807, 2.05) is 40.7 Å². The Labute approximate surface area is 201 Å². The lowest BCUT2D eigenvalue weighted by atomic mass is 9.98. The molecule has 0 saturated heterocycles. The van der Waals surface area contributed by atoms with Crippen LogP contribution in [0.1, 0.15) is 23.6 Å². The highest BCUT2D eigenvalue weighted by Gasteiger charge is 2.32. The number of anilines is 1. The zero-order valence-corrected chi connectivity index (χ0v) is 19.5. The van der Waals surface area contributed by atoms with Gasteiger partial charge in [-0.3, -0.25) is 10.1 Å². The van der Waals surface area contributed by atoms with Gasteiger partial charge in [-0.2, -0.15) is 5.10 Å². The highest BCUT2D eigenvalue weighted by atomic mass is 79.9. The molecule has 0 bridgehead atoms. The fourth-order valence-electron chi connectivity index (χ4n) is 3.73. The number of hydrazone groups is 1. The van der Waals surface area contributed by atoms with Crippen LogP contribution in [0.2, 0.25) is 0 Å². The van der Waals surface area contributed by atoms with Crippen molar-refractivity contribution in [1.29, 1.82) is 0 Å². The summed E-state index contributed by atoms with van der Waals surface area (Å²) in [6.45, 7) is 0. The first-order valence-electron chi connectivity index (χ1n) is 10.1. The number of thiazole rings is 1. The van der Waals surface area contributed by atoms with E-state index in [9.17, 15) is 14.5 Å². The predicted octanol–water partition coefficient (Wildman–Crippen LogP) is 6.98. The lowest BCUT2D eigenvalue weighted by Gasteiger charge is -2.21. The Hall–Kier alpha value is -3.43. The first-order chi connectivity index (χ1) is 16.0. The van der Waals surface area contributed by atoms with Gasteiger partial charge < -0.3 is 0 Å². The average Bonchev–Trinajstić information content (AvgIpc) is 3.48. The highest BCUT2D eigenvalue weighted by Crippen LogP contribution is 2.39. The van der Waals surface area contributed by atoms with E-state index in [0.29, 0.717) is 22.8 Å². The number of nitrogens with zero attached hydrogens (tertiary/aromatic N) is 4. The summed E-state index contributed by atoms with van der Waals surface area (Å²) in [5, 5.41) is 20.5. The minimum Gasteiger partial charge on any atom is -0.258 e. The summed E-state index contributed by atoms with van der Waals surface area (Å²) in [6.07, 6.45) is 0.514. The van der Waals surface area contributed by atoms with E-state index in [-0.39, 0.29) is 17.5 Å². The molecule has 1 atom stereocenters. The maximum atomic E-state index is 13.6. The van der Waals surface area contributed by atoms with Gasteiger partial charge in [0, 0.05) is 39.5 Å². The zero-order chi connectivity index (χ0) is 22.9. The Morgan fingerprint density at radius 3 is 2.55 bits per heavy atom. The molecule has 0 radical (unpaired) electrons. The second kappa shape index (κ2) is 8.84. The third-order valence-electron chi connectivity index (χ3n) is 5.38. The SMILES string of the molecule is O=[N+]([O-])c1cccc(C2=NN(c3nc(-c4ccc(Br)cc4)cs3)[C@H](c3ccc(F)cc3)C2)c1. The summed E-state index contributed by atoms with van der Waals surface area (Å²) >= 11 is 4.91. The molecule has 5 rings (SSSR count). The quantitative estimate of drug-likeness (QED) is 0.209. The number of halogens is 2. The van der Waals surface area contributed by atoms with Crippen molar-refractivity contribution in [2.75, 3.05) is 5.01 Å². The second-order valence-corrected chi connectivity index (χ2v) is 9.24. The van der Waals surface area contributed by atoms with Gasteiger partial charge in [0.2, 0.25) is 5.13 Å². The van der Waals surface area contributed by atoms with E-state index >= 15 is 0 Å². The standard InChI is InChI=1S/C24H16BrFN4O2S/c25-18-8-4-15(5-9-18)22-14-33-24(27-22)29-23(16-6-10-19(26)11-7-16)13-21(28-29)17-2-1-3-20(12-17)30(31)32/h1-12,14,23H,13H2/t23-/m0/s1. The lowest BCUT2D eigenvalue weighted by Crippen LogP contribution is -2.18. The fraction of sp³-hybridized carbons (Fsp3) is 0.0833. The molecule has 2 heterocycles. The Morgan fingerprint density at radius 1 is 1.06 bits per heavy atom. The van der Waals surface area contributed by atoms with Gasteiger partial charge in [0.15, 0.2) is 0 Å². The van der Waals surface area contributed by atoms with E-state index in [4.69, 9.17) is 10.1 Å². The number of rotatable bonds is 5. The number of nitro groups is 1. The number of nitro benzene ring substituents is 1. The number of benzene rings is 3. The molecule has 1 aliphatic rings. The lowest BCUT2D eigenvalue weighted by molar-refractivity contribution is -0.384. The minimum atomic E-state index is -0.417. The van der Waals surface area contributed by atoms with Gasteiger partial charge in [-0.25, -0.2) is 14.4 Å². The van der Waals surface area contributed by atoms with Crippen molar-refractivity contribution in [1.82, 2.24) is 4.98 Å². The van der Waals surface area contributed by atoms with Crippen molar-refractivity contribution in [3.8, 4) is 11.3 Å². The minimum absolute atomic E-state index is 0.0127. The maximum absolute atomic E-state index is 13.6. The van der Waals surface area contributed by atoms with Crippen LogP contribution in [-0.2, 0) is 0 Å². The molecule has 0 unspecified atom stereocenters. The number of aromatic nitrogens is 1. The molecular weight excluding hydrogens is 507 g/mol. The van der Waals surface area contributed by atoms with Gasteiger partial charge in [-0.1, -0.05) is 52.3 Å². The molecule has 1 aliphatic heterocycles. The Balaban J connectivity index is 1.54. The first-order valence-corrected chi connectivity index (χ1v) is 11.7. The molecular formula is C24H16BrFN4O2S. The van der Waals surface area contributed by atoms with E-state index in [1.165, 1.54) is 35.6 Å². The molecule has 164 valence electrons. The Bertz CT molecular complexity index is 1360. The summed E-state index contributed by atoms with van der Waals surface area (Å²) in [7, 11) is 0. The van der Waals surface area contributed by atoms with Crippen LogP contribution >= 0.6 is 27.3 Å². The molecule has 0 N–H and O–H groups in total. The summed E-state index contributed by atoms with van der Waals surface area (Å²) in [6, 6.07) is 20.5. The molecule has 0 amide bonds. The molecule has 3 aromatic carbocycles. The highest BCUT2D eigenvalue weighted by molar-refractivity contribution is 9.10. The van der Waals surface area contributed by atoms with Crippen molar-refractivity contribution >= 4 is 43.8 Å². The molecule has 0 saturated carbocycles. The van der Waals surface area contributed by atoms with Gasteiger partial charge in [0.05, 0.1) is 22.4 Å². The van der Waals surface area contributed by atoms with Crippen LogP contribution < -0.4 is 5.01 Å². The fourth-order valence-corrected chi connectivity index (χ4v) is 4.82. The predicted molar refractivity (Wildman–Crippen MR) is 131 cm³/mol. The van der Waals surface area contributed by atoms with Crippen LogP contribution in [0.15, 0.2) is 87.8 Å². The molecule has 0 spiro atoms. The van der Waals surface area contributed by atoms with Crippen LogP contribution in [0.4, 0.5) is 15.2 Å². The van der Waals surface area contributed by atoms with Gasteiger partial charge in [-0.05, 0) is 29.8 Å². The van der Waals surface area contributed by atoms with Gasteiger partial charge >= 0.3 is 0 Å². The maximum Gasteiger partial charge on any atom is 0.270 e. The molecule has 0 fully saturated rings. The molecule has 4 aromatic rings. The van der Waals surface area contributed by atoms with Crippen LogP contribution in [0, 0.1) is 15.9 Å². The summed E-state index contributed by atoms with van der Waals surface area (Å²) in [5.74, 6) is -0.310. The normalized spacial score (nSPS) is 15.5. The molecule has 33 heavy (non-hydrogen) atoms.